The van der Waals surface area contributed by atoms with Crippen molar-refractivity contribution in [2.24, 2.45) is 0 Å². The molecule has 0 amide bonds. The fraction of sp³-hybridized carbons (Fsp3) is 0.143. The maximum absolute atomic E-state index is 9.65. The van der Waals surface area contributed by atoms with Crippen LogP contribution in [0.25, 0.3) is 0 Å². The molecule has 0 saturated carbocycles. The van der Waals surface area contributed by atoms with Gasteiger partial charge in [-0.05, 0) is 18.2 Å². The van der Waals surface area contributed by atoms with E-state index in [4.69, 9.17) is 0 Å². The van der Waals surface area contributed by atoms with Gasteiger partial charge in [0.1, 0.15) is 11.5 Å². The molecule has 4 heteroatoms. The van der Waals surface area contributed by atoms with E-state index in [-0.39, 0.29) is 18.1 Å². The Kier molecular flexibility index (Phi) is 3.69. The van der Waals surface area contributed by atoms with Gasteiger partial charge in [0, 0.05) is 29.4 Å². The lowest BCUT2D eigenvalue weighted by Gasteiger charge is -2.11. The zero-order chi connectivity index (χ0) is 13.0. The molecule has 4 nitrogen and oxygen atoms in total. The van der Waals surface area contributed by atoms with Gasteiger partial charge in [-0.3, -0.25) is 0 Å². The van der Waals surface area contributed by atoms with Crippen LogP contribution < -0.4 is 5.32 Å². The van der Waals surface area contributed by atoms with E-state index in [1.54, 1.807) is 6.07 Å². The predicted molar refractivity (Wildman–Crippen MR) is 69.5 cm³/mol. The first-order valence-corrected chi connectivity index (χ1v) is 5.64. The third-order valence-corrected chi connectivity index (χ3v) is 2.73. The molecule has 0 radical (unpaired) electrons. The van der Waals surface area contributed by atoms with Gasteiger partial charge in [0.15, 0.2) is 0 Å². The summed E-state index contributed by atoms with van der Waals surface area (Å²) in [6.45, 7) is 0.383. The molecule has 0 aliphatic carbocycles. The standard InChI is InChI=1S/C14H15NO3/c16-9-11-3-1-2-4-13(11)15-8-10-5-6-12(17)7-14(10)18/h1-7,15-18H,8-9H2. The molecule has 0 aliphatic heterocycles. The van der Waals surface area contributed by atoms with Gasteiger partial charge in [-0.1, -0.05) is 18.2 Å². The summed E-state index contributed by atoms with van der Waals surface area (Å²) >= 11 is 0. The highest BCUT2D eigenvalue weighted by Crippen LogP contribution is 2.24. The molecule has 0 aromatic heterocycles. The number of hydrogen-bond acceptors (Lipinski definition) is 4. The number of nitrogens with one attached hydrogen (secondary N) is 1. The van der Waals surface area contributed by atoms with Crippen molar-refractivity contribution in [2.75, 3.05) is 5.32 Å². The van der Waals surface area contributed by atoms with Crippen molar-refractivity contribution in [1.82, 2.24) is 0 Å². The van der Waals surface area contributed by atoms with Crippen LogP contribution in [0.3, 0.4) is 0 Å². The van der Waals surface area contributed by atoms with E-state index in [1.165, 1.54) is 12.1 Å². The number of anilines is 1. The smallest absolute Gasteiger partial charge is 0.124 e. The van der Waals surface area contributed by atoms with Gasteiger partial charge in [-0.25, -0.2) is 0 Å². The molecule has 0 unspecified atom stereocenters. The van der Waals surface area contributed by atoms with Crippen molar-refractivity contribution in [3.63, 3.8) is 0 Å². The van der Waals surface area contributed by atoms with Crippen LogP contribution in [0.1, 0.15) is 11.1 Å². The molecule has 18 heavy (non-hydrogen) atoms. The molecule has 0 saturated heterocycles. The molecule has 0 bridgehead atoms. The number of phenols is 2. The van der Waals surface area contributed by atoms with E-state index in [0.717, 1.165) is 11.3 Å². The molecule has 4 N–H and O–H groups in total. The van der Waals surface area contributed by atoms with Crippen molar-refractivity contribution in [3.05, 3.63) is 53.6 Å². The van der Waals surface area contributed by atoms with Gasteiger partial charge in [0.05, 0.1) is 6.61 Å². The Balaban J connectivity index is 2.11. The van der Waals surface area contributed by atoms with Crippen molar-refractivity contribution in [3.8, 4) is 11.5 Å². The predicted octanol–water partition coefficient (Wildman–Crippen LogP) is 2.20. The van der Waals surface area contributed by atoms with Crippen LogP contribution in [-0.4, -0.2) is 15.3 Å². The largest absolute Gasteiger partial charge is 0.508 e. The lowest BCUT2D eigenvalue weighted by Crippen LogP contribution is -2.02. The Bertz CT molecular complexity index is 540. The second kappa shape index (κ2) is 5.42. The molecule has 0 spiro atoms. The van der Waals surface area contributed by atoms with Crippen LogP contribution in [0.15, 0.2) is 42.5 Å². The summed E-state index contributed by atoms with van der Waals surface area (Å²) in [7, 11) is 0. The lowest BCUT2D eigenvalue weighted by atomic mass is 10.1. The number of para-hydroxylation sites is 1. The molecular formula is C14H15NO3. The van der Waals surface area contributed by atoms with Gasteiger partial charge in [-0.15, -0.1) is 0 Å². The average molecular weight is 245 g/mol. The van der Waals surface area contributed by atoms with Crippen LogP contribution >= 0.6 is 0 Å². The van der Waals surface area contributed by atoms with Gasteiger partial charge in [-0.2, -0.15) is 0 Å². The highest BCUT2D eigenvalue weighted by molar-refractivity contribution is 5.52. The molecule has 0 fully saturated rings. The first-order chi connectivity index (χ1) is 8.70. The van der Waals surface area contributed by atoms with E-state index in [2.05, 4.69) is 5.32 Å². The number of aliphatic hydroxyl groups is 1. The maximum atomic E-state index is 9.65. The first-order valence-electron chi connectivity index (χ1n) is 5.64. The monoisotopic (exact) mass is 245 g/mol. The fourth-order valence-electron chi connectivity index (χ4n) is 1.72. The summed E-state index contributed by atoms with van der Waals surface area (Å²) in [5.74, 6) is 0.0796. The summed E-state index contributed by atoms with van der Waals surface area (Å²) in [5, 5.41) is 31.2. The molecule has 0 heterocycles. The van der Waals surface area contributed by atoms with Crippen LogP contribution in [0.5, 0.6) is 11.5 Å². The van der Waals surface area contributed by atoms with Gasteiger partial charge in [0.25, 0.3) is 0 Å². The maximum Gasteiger partial charge on any atom is 0.124 e. The van der Waals surface area contributed by atoms with Gasteiger partial charge in [0.2, 0.25) is 0 Å². The first kappa shape index (κ1) is 12.3. The van der Waals surface area contributed by atoms with Crippen LogP contribution in [0.4, 0.5) is 5.69 Å². The summed E-state index contributed by atoms with van der Waals surface area (Å²) in [4.78, 5) is 0. The molecule has 2 aromatic rings. The Morgan fingerprint density at radius 3 is 2.44 bits per heavy atom. The second-order valence-corrected chi connectivity index (χ2v) is 3.98. The Labute approximate surface area is 105 Å². The minimum Gasteiger partial charge on any atom is -0.508 e. The summed E-state index contributed by atoms with van der Waals surface area (Å²) in [6, 6.07) is 11.9. The quantitative estimate of drug-likeness (QED) is 0.666. The van der Waals surface area contributed by atoms with Crippen molar-refractivity contribution >= 4 is 5.69 Å². The number of phenolic OH excluding ortho intramolecular Hbond substituents is 2. The Morgan fingerprint density at radius 1 is 0.944 bits per heavy atom. The van der Waals surface area contributed by atoms with Crippen LogP contribution in [-0.2, 0) is 13.2 Å². The van der Waals surface area contributed by atoms with E-state index >= 15 is 0 Å². The molecule has 94 valence electrons. The number of benzene rings is 2. The number of hydrogen-bond donors (Lipinski definition) is 4. The lowest BCUT2D eigenvalue weighted by molar-refractivity contribution is 0.282. The van der Waals surface area contributed by atoms with Gasteiger partial charge >= 0.3 is 0 Å². The van der Waals surface area contributed by atoms with Crippen molar-refractivity contribution in [1.29, 1.82) is 0 Å². The van der Waals surface area contributed by atoms with E-state index < -0.39 is 0 Å². The molecule has 0 atom stereocenters. The Hall–Kier alpha value is -2.20. The molecule has 2 rings (SSSR count). The van der Waals surface area contributed by atoms with E-state index in [0.29, 0.717) is 12.1 Å². The number of aliphatic hydroxyl groups excluding tert-OH is 1. The van der Waals surface area contributed by atoms with Crippen LogP contribution in [0, 0.1) is 0 Å². The third-order valence-electron chi connectivity index (χ3n) is 2.73. The summed E-state index contributed by atoms with van der Waals surface area (Å²) < 4.78 is 0. The fourth-order valence-corrected chi connectivity index (χ4v) is 1.72. The average Bonchev–Trinajstić information content (AvgIpc) is 2.38. The normalized spacial score (nSPS) is 10.3. The number of aromatic hydroxyl groups is 2. The summed E-state index contributed by atoms with van der Waals surface area (Å²) in [5.41, 5.74) is 2.31. The SMILES string of the molecule is OCc1ccccc1NCc1ccc(O)cc1O. The Morgan fingerprint density at radius 2 is 1.72 bits per heavy atom. The summed E-state index contributed by atoms with van der Waals surface area (Å²) in [6.07, 6.45) is 0. The minimum absolute atomic E-state index is 0.0343. The van der Waals surface area contributed by atoms with Crippen molar-refractivity contribution < 1.29 is 15.3 Å². The molecular weight excluding hydrogens is 230 g/mol. The van der Waals surface area contributed by atoms with Crippen LogP contribution in [0.2, 0.25) is 0 Å². The zero-order valence-corrected chi connectivity index (χ0v) is 9.80. The molecule has 2 aromatic carbocycles. The highest BCUT2D eigenvalue weighted by Gasteiger charge is 2.04. The highest BCUT2D eigenvalue weighted by atomic mass is 16.3. The van der Waals surface area contributed by atoms with Gasteiger partial charge < -0.3 is 20.6 Å². The topological polar surface area (TPSA) is 72.7 Å². The molecule has 0 aliphatic rings. The third kappa shape index (κ3) is 2.73. The minimum atomic E-state index is -0.0370. The van der Waals surface area contributed by atoms with E-state index in [1.807, 2.05) is 24.3 Å². The van der Waals surface area contributed by atoms with Crippen molar-refractivity contribution in [2.45, 2.75) is 13.2 Å². The van der Waals surface area contributed by atoms with E-state index in [9.17, 15) is 15.3 Å². The number of rotatable bonds is 4. The zero-order valence-electron chi connectivity index (χ0n) is 9.80. The second-order valence-electron chi connectivity index (χ2n) is 3.98.